The van der Waals surface area contributed by atoms with E-state index in [0.29, 0.717) is 31.0 Å². The molecule has 0 heterocycles. The Kier molecular flexibility index (Phi) is 11.1. The van der Waals surface area contributed by atoms with Crippen LogP contribution in [0.25, 0.3) is 0 Å². The van der Waals surface area contributed by atoms with Crippen molar-refractivity contribution >= 4 is 57.5 Å². The molecular formula is C20H25BrFIN4O. The second-order valence-electron chi connectivity index (χ2n) is 6.07. The van der Waals surface area contributed by atoms with E-state index in [1.165, 1.54) is 13.0 Å². The largest absolute Gasteiger partial charge is 0.356 e. The van der Waals surface area contributed by atoms with Crippen LogP contribution in [-0.4, -0.2) is 25.5 Å². The number of carbonyl (C=O) groups is 1. The Bertz CT molecular complexity index is 817. The predicted octanol–water partition coefficient (Wildman–Crippen LogP) is 4.46. The zero-order valence-electron chi connectivity index (χ0n) is 15.9. The molecule has 0 aliphatic rings. The number of nitrogens with one attached hydrogen (secondary N) is 3. The van der Waals surface area contributed by atoms with Crippen LogP contribution in [0.15, 0.2) is 51.9 Å². The highest BCUT2D eigenvalue weighted by Crippen LogP contribution is 2.16. The van der Waals surface area contributed by atoms with Crippen LogP contribution in [0.1, 0.15) is 24.5 Å². The fourth-order valence-corrected chi connectivity index (χ4v) is 2.91. The Balaban J connectivity index is 0.00000392. The van der Waals surface area contributed by atoms with Crippen molar-refractivity contribution in [3.8, 4) is 0 Å². The normalized spacial score (nSPS) is 10.8. The molecule has 0 radical (unpaired) electrons. The van der Waals surface area contributed by atoms with Gasteiger partial charge in [-0.15, -0.1) is 24.0 Å². The number of aryl methyl sites for hydroxylation is 1. The first-order valence-electron chi connectivity index (χ1n) is 8.73. The van der Waals surface area contributed by atoms with E-state index in [4.69, 9.17) is 0 Å². The lowest BCUT2D eigenvalue weighted by Gasteiger charge is -2.13. The minimum absolute atomic E-state index is 0. The maximum atomic E-state index is 13.8. The van der Waals surface area contributed by atoms with E-state index in [1.54, 1.807) is 13.1 Å². The summed E-state index contributed by atoms with van der Waals surface area (Å²) in [4.78, 5) is 15.3. The Labute approximate surface area is 190 Å². The molecule has 2 rings (SSSR count). The minimum Gasteiger partial charge on any atom is -0.356 e. The van der Waals surface area contributed by atoms with Crippen LogP contribution in [0.4, 0.5) is 10.1 Å². The molecule has 0 bridgehead atoms. The number of anilines is 1. The molecule has 8 heteroatoms. The summed E-state index contributed by atoms with van der Waals surface area (Å²) in [5, 5.41) is 9.22. The summed E-state index contributed by atoms with van der Waals surface area (Å²) in [6.07, 6.45) is 1.44. The standard InChI is InChI=1S/C20H24BrFN4O.HI/c1-14(27)26-18-7-3-5-15(11-18)13-25-20(23-2)24-10-4-6-16-8-9-17(21)12-19(16)22;/h3,5,7-9,11-12H,4,6,10,13H2,1-2H3,(H,26,27)(H2,23,24,25);1H. The van der Waals surface area contributed by atoms with Gasteiger partial charge in [0.2, 0.25) is 5.91 Å². The Morgan fingerprint density at radius 1 is 1.18 bits per heavy atom. The average molecular weight is 563 g/mol. The van der Waals surface area contributed by atoms with Crippen LogP contribution in [0.5, 0.6) is 0 Å². The molecule has 0 aromatic heterocycles. The van der Waals surface area contributed by atoms with Crippen LogP contribution in [0.3, 0.4) is 0 Å². The van der Waals surface area contributed by atoms with Gasteiger partial charge in [-0.2, -0.15) is 0 Å². The summed E-state index contributed by atoms with van der Waals surface area (Å²) in [7, 11) is 1.71. The Morgan fingerprint density at radius 2 is 1.96 bits per heavy atom. The van der Waals surface area contributed by atoms with Crippen molar-refractivity contribution < 1.29 is 9.18 Å². The lowest BCUT2D eigenvalue weighted by Crippen LogP contribution is -2.37. The summed E-state index contributed by atoms with van der Waals surface area (Å²) in [5.41, 5.74) is 2.50. The molecule has 0 saturated heterocycles. The lowest BCUT2D eigenvalue weighted by molar-refractivity contribution is -0.114. The number of halogens is 3. The number of hydrogen-bond donors (Lipinski definition) is 3. The van der Waals surface area contributed by atoms with Crippen molar-refractivity contribution in [3.63, 3.8) is 0 Å². The number of hydrogen-bond acceptors (Lipinski definition) is 2. The van der Waals surface area contributed by atoms with Gasteiger partial charge in [-0.1, -0.05) is 34.1 Å². The van der Waals surface area contributed by atoms with E-state index in [0.717, 1.165) is 22.1 Å². The van der Waals surface area contributed by atoms with E-state index in [9.17, 15) is 9.18 Å². The number of nitrogens with zero attached hydrogens (tertiary/aromatic N) is 1. The SMILES string of the molecule is CN=C(NCCCc1ccc(Br)cc1F)NCc1cccc(NC(C)=O)c1.I. The van der Waals surface area contributed by atoms with Crippen LogP contribution < -0.4 is 16.0 Å². The van der Waals surface area contributed by atoms with Gasteiger partial charge in [0.15, 0.2) is 5.96 Å². The fraction of sp³-hybridized carbons (Fsp3) is 0.300. The van der Waals surface area contributed by atoms with Gasteiger partial charge in [-0.25, -0.2) is 4.39 Å². The Hall–Kier alpha value is -1.68. The van der Waals surface area contributed by atoms with Gasteiger partial charge in [0.25, 0.3) is 0 Å². The highest BCUT2D eigenvalue weighted by atomic mass is 127. The first-order chi connectivity index (χ1) is 13.0. The maximum absolute atomic E-state index is 13.8. The molecule has 0 aliphatic heterocycles. The molecule has 0 aliphatic carbocycles. The first kappa shape index (κ1) is 24.4. The third kappa shape index (κ3) is 8.55. The van der Waals surface area contributed by atoms with Gasteiger partial charge < -0.3 is 16.0 Å². The van der Waals surface area contributed by atoms with Crippen LogP contribution in [0, 0.1) is 5.82 Å². The Morgan fingerprint density at radius 3 is 2.64 bits per heavy atom. The molecule has 0 atom stereocenters. The summed E-state index contributed by atoms with van der Waals surface area (Å²) >= 11 is 3.26. The van der Waals surface area contributed by atoms with E-state index >= 15 is 0 Å². The van der Waals surface area contributed by atoms with Crippen LogP contribution in [0.2, 0.25) is 0 Å². The van der Waals surface area contributed by atoms with E-state index in [1.807, 2.05) is 30.3 Å². The minimum atomic E-state index is -0.189. The molecule has 0 fully saturated rings. The van der Waals surface area contributed by atoms with Crippen molar-refractivity contribution in [2.45, 2.75) is 26.3 Å². The molecule has 3 N–H and O–H groups in total. The van der Waals surface area contributed by atoms with Gasteiger partial charge >= 0.3 is 0 Å². The predicted molar refractivity (Wildman–Crippen MR) is 127 cm³/mol. The summed E-state index contributed by atoms with van der Waals surface area (Å²) in [5.74, 6) is 0.391. The highest BCUT2D eigenvalue weighted by Gasteiger charge is 2.04. The van der Waals surface area contributed by atoms with E-state index in [2.05, 4.69) is 36.9 Å². The highest BCUT2D eigenvalue weighted by molar-refractivity contribution is 14.0. The molecule has 5 nitrogen and oxygen atoms in total. The molecule has 152 valence electrons. The lowest BCUT2D eigenvalue weighted by atomic mass is 10.1. The second-order valence-corrected chi connectivity index (χ2v) is 6.99. The quantitative estimate of drug-likeness (QED) is 0.202. The summed E-state index contributed by atoms with van der Waals surface area (Å²) < 4.78 is 14.6. The summed E-state index contributed by atoms with van der Waals surface area (Å²) in [6, 6.07) is 12.8. The van der Waals surface area contributed by atoms with Crippen LogP contribution in [-0.2, 0) is 17.8 Å². The zero-order chi connectivity index (χ0) is 19.6. The number of benzene rings is 2. The van der Waals surface area contributed by atoms with Gasteiger partial charge in [0.1, 0.15) is 5.82 Å². The maximum Gasteiger partial charge on any atom is 0.221 e. The third-order valence-corrected chi connectivity index (χ3v) is 4.35. The first-order valence-corrected chi connectivity index (χ1v) is 9.52. The molecule has 2 aromatic rings. The van der Waals surface area contributed by atoms with E-state index in [-0.39, 0.29) is 35.7 Å². The summed E-state index contributed by atoms with van der Waals surface area (Å²) in [6.45, 7) is 2.74. The van der Waals surface area contributed by atoms with Crippen molar-refractivity contribution in [2.75, 3.05) is 18.9 Å². The van der Waals surface area contributed by atoms with Gasteiger partial charge in [0, 0.05) is 37.2 Å². The van der Waals surface area contributed by atoms with Gasteiger partial charge in [0.05, 0.1) is 0 Å². The second kappa shape index (κ2) is 12.7. The molecular weight excluding hydrogens is 538 g/mol. The van der Waals surface area contributed by atoms with Gasteiger partial charge in [-0.3, -0.25) is 9.79 Å². The fourth-order valence-electron chi connectivity index (χ4n) is 2.58. The number of aliphatic imine (C=N–C) groups is 1. The molecule has 28 heavy (non-hydrogen) atoms. The van der Waals surface area contributed by atoms with Crippen molar-refractivity contribution in [2.24, 2.45) is 4.99 Å². The van der Waals surface area contributed by atoms with Crippen molar-refractivity contribution in [1.29, 1.82) is 0 Å². The van der Waals surface area contributed by atoms with E-state index < -0.39 is 0 Å². The topological polar surface area (TPSA) is 65.5 Å². The average Bonchev–Trinajstić information content (AvgIpc) is 2.62. The molecule has 2 aromatic carbocycles. The zero-order valence-corrected chi connectivity index (χ0v) is 19.8. The molecule has 0 unspecified atom stereocenters. The third-order valence-electron chi connectivity index (χ3n) is 3.86. The van der Waals surface area contributed by atoms with Crippen molar-refractivity contribution in [1.82, 2.24) is 10.6 Å². The monoisotopic (exact) mass is 562 g/mol. The number of guanidine groups is 1. The van der Waals surface area contributed by atoms with Crippen LogP contribution >= 0.6 is 39.9 Å². The molecule has 1 amide bonds. The smallest absolute Gasteiger partial charge is 0.221 e. The number of amides is 1. The van der Waals surface area contributed by atoms with Crippen molar-refractivity contribution in [3.05, 3.63) is 63.9 Å². The number of rotatable bonds is 7. The molecule has 0 saturated carbocycles. The number of carbonyl (C=O) groups excluding carboxylic acids is 1. The molecule has 0 spiro atoms. The van der Waals surface area contributed by atoms with Gasteiger partial charge in [-0.05, 0) is 48.2 Å².